The highest BCUT2D eigenvalue weighted by molar-refractivity contribution is 5.94. The molecule has 0 radical (unpaired) electrons. The van der Waals surface area contributed by atoms with E-state index in [-0.39, 0.29) is 17.2 Å². The van der Waals surface area contributed by atoms with E-state index in [1.165, 1.54) is 0 Å². The minimum Gasteiger partial charge on any atom is -0.378 e. The number of nitrogens with one attached hydrogen (secondary N) is 1. The molecule has 0 bridgehead atoms. The molecule has 1 N–H and O–H groups in total. The van der Waals surface area contributed by atoms with Gasteiger partial charge in [-0.05, 0) is 36.5 Å². The second kappa shape index (κ2) is 7.24. The van der Waals surface area contributed by atoms with E-state index < -0.39 is 0 Å². The van der Waals surface area contributed by atoms with Crippen molar-refractivity contribution >= 4 is 22.4 Å². The van der Waals surface area contributed by atoms with Crippen LogP contribution in [0.25, 0.3) is 27.8 Å². The standard InChI is InChI=1S/C26H30FN7O/c1-14(2)20-21-19(31-23(20)18-6-34-24(29-13-30-34)16(4)15(18)3)5-28-25(22(21)27)33-11-26(12-33)9-32(10-26)17-7-35-8-17/h5-6,13-14,17,31H,7-12H2,1-4H3. The van der Waals surface area contributed by atoms with E-state index >= 15 is 4.39 Å². The number of likely N-dealkylation sites (tertiary alicyclic amines) is 1. The summed E-state index contributed by atoms with van der Waals surface area (Å²) in [5, 5.41) is 5.00. The lowest BCUT2D eigenvalue weighted by Crippen LogP contribution is -2.75. The van der Waals surface area contributed by atoms with E-state index in [1.54, 1.807) is 17.0 Å². The maximum Gasteiger partial charge on any atom is 0.175 e. The van der Waals surface area contributed by atoms with E-state index in [0.29, 0.717) is 17.2 Å². The summed E-state index contributed by atoms with van der Waals surface area (Å²) in [6.45, 7) is 14.0. The molecule has 182 valence electrons. The first kappa shape index (κ1) is 21.3. The van der Waals surface area contributed by atoms with Crippen LogP contribution in [0.4, 0.5) is 10.2 Å². The van der Waals surface area contributed by atoms with Crippen LogP contribution in [0.3, 0.4) is 0 Å². The summed E-state index contributed by atoms with van der Waals surface area (Å²) in [7, 11) is 0. The summed E-state index contributed by atoms with van der Waals surface area (Å²) in [6, 6.07) is 0.580. The lowest BCUT2D eigenvalue weighted by molar-refractivity contribution is -0.137. The maximum atomic E-state index is 16.1. The maximum absolute atomic E-state index is 16.1. The molecule has 4 aromatic heterocycles. The van der Waals surface area contributed by atoms with Crippen LogP contribution in [-0.2, 0) is 4.74 Å². The number of aromatic nitrogens is 5. The number of aromatic amines is 1. The molecule has 35 heavy (non-hydrogen) atoms. The van der Waals surface area contributed by atoms with Gasteiger partial charge in [-0.3, -0.25) is 4.90 Å². The fourth-order valence-corrected chi connectivity index (χ4v) is 6.25. The Hall–Kier alpha value is -3.04. The molecule has 3 fully saturated rings. The molecule has 9 heteroatoms. The average molecular weight is 476 g/mol. The van der Waals surface area contributed by atoms with Crippen molar-refractivity contribution in [2.45, 2.75) is 39.7 Å². The molecule has 7 rings (SSSR count). The summed E-state index contributed by atoms with van der Waals surface area (Å²) in [6.07, 6.45) is 5.35. The minimum absolute atomic E-state index is 0.127. The Labute approximate surface area is 203 Å². The molecule has 0 aromatic carbocycles. The monoisotopic (exact) mass is 475 g/mol. The Kier molecular flexibility index (Phi) is 4.40. The number of pyridine rings is 2. The van der Waals surface area contributed by atoms with Gasteiger partial charge in [-0.25, -0.2) is 18.9 Å². The Morgan fingerprint density at radius 2 is 1.89 bits per heavy atom. The number of rotatable bonds is 4. The van der Waals surface area contributed by atoms with Crippen LogP contribution in [0.2, 0.25) is 0 Å². The summed E-state index contributed by atoms with van der Waals surface area (Å²) in [4.78, 5) is 17.1. The number of halogens is 1. The molecule has 1 spiro atoms. The van der Waals surface area contributed by atoms with Crippen molar-refractivity contribution in [1.82, 2.24) is 29.5 Å². The molecule has 0 saturated carbocycles. The van der Waals surface area contributed by atoms with Crippen molar-refractivity contribution in [2.75, 3.05) is 44.3 Å². The van der Waals surface area contributed by atoms with Gasteiger partial charge in [-0.2, -0.15) is 5.10 Å². The first-order valence-electron chi connectivity index (χ1n) is 12.4. The third-order valence-electron chi connectivity index (χ3n) is 8.34. The normalized spacial score (nSPS) is 20.1. The molecule has 3 aliphatic heterocycles. The number of anilines is 1. The molecule has 7 heterocycles. The first-order chi connectivity index (χ1) is 16.8. The van der Waals surface area contributed by atoms with Gasteiger partial charge in [0.25, 0.3) is 0 Å². The zero-order valence-corrected chi connectivity index (χ0v) is 20.6. The fourth-order valence-electron chi connectivity index (χ4n) is 6.25. The minimum atomic E-state index is -0.219. The number of aryl methyl sites for hydroxylation is 1. The number of fused-ring (bicyclic) bond motifs is 2. The van der Waals surface area contributed by atoms with Crippen LogP contribution >= 0.6 is 0 Å². The van der Waals surface area contributed by atoms with E-state index in [0.717, 1.165) is 78.5 Å². The van der Waals surface area contributed by atoms with Crippen LogP contribution in [0.1, 0.15) is 36.5 Å². The summed E-state index contributed by atoms with van der Waals surface area (Å²) < 4.78 is 23.3. The molecule has 3 aliphatic rings. The van der Waals surface area contributed by atoms with E-state index in [1.807, 2.05) is 6.20 Å². The van der Waals surface area contributed by atoms with Crippen LogP contribution in [0, 0.1) is 25.1 Å². The molecule has 3 saturated heterocycles. The van der Waals surface area contributed by atoms with Crippen molar-refractivity contribution in [2.24, 2.45) is 5.41 Å². The quantitative estimate of drug-likeness (QED) is 0.486. The molecule has 4 aromatic rings. The lowest BCUT2D eigenvalue weighted by atomic mass is 9.72. The van der Waals surface area contributed by atoms with Crippen LogP contribution < -0.4 is 4.90 Å². The molecular formula is C26H30FN7O. The van der Waals surface area contributed by atoms with Gasteiger partial charge in [0.05, 0.1) is 36.7 Å². The van der Waals surface area contributed by atoms with Gasteiger partial charge in [0, 0.05) is 48.7 Å². The van der Waals surface area contributed by atoms with Gasteiger partial charge in [0.2, 0.25) is 0 Å². The third-order valence-corrected chi connectivity index (χ3v) is 8.34. The van der Waals surface area contributed by atoms with Crippen molar-refractivity contribution in [1.29, 1.82) is 0 Å². The second-order valence-corrected chi connectivity index (χ2v) is 11.0. The van der Waals surface area contributed by atoms with Gasteiger partial charge >= 0.3 is 0 Å². The zero-order chi connectivity index (χ0) is 24.1. The molecule has 0 unspecified atom stereocenters. The van der Waals surface area contributed by atoms with E-state index in [4.69, 9.17) is 4.74 Å². The average Bonchev–Trinajstić information content (AvgIpc) is 3.36. The smallest absolute Gasteiger partial charge is 0.175 e. The van der Waals surface area contributed by atoms with Crippen LogP contribution in [0.15, 0.2) is 18.7 Å². The molecule has 8 nitrogen and oxygen atoms in total. The molecule has 0 atom stereocenters. The molecular weight excluding hydrogens is 445 g/mol. The Morgan fingerprint density at radius 1 is 1.11 bits per heavy atom. The Bertz CT molecular complexity index is 1470. The highest BCUT2D eigenvalue weighted by Gasteiger charge is 2.54. The number of hydrogen-bond donors (Lipinski definition) is 1. The second-order valence-electron chi connectivity index (χ2n) is 11.0. The van der Waals surface area contributed by atoms with E-state index in [2.05, 4.69) is 57.5 Å². The van der Waals surface area contributed by atoms with Crippen LogP contribution in [0.5, 0.6) is 0 Å². The van der Waals surface area contributed by atoms with Gasteiger partial charge in [0.15, 0.2) is 17.3 Å². The molecule has 0 aliphatic carbocycles. The summed E-state index contributed by atoms with van der Waals surface area (Å²) >= 11 is 0. The van der Waals surface area contributed by atoms with Crippen molar-refractivity contribution in [3.63, 3.8) is 0 Å². The first-order valence-corrected chi connectivity index (χ1v) is 12.4. The fraction of sp³-hybridized carbons (Fsp3) is 0.500. The van der Waals surface area contributed by atoms with Gasteiger partial charge in [-0.15, -0.1) is 0 Å². The topological polar surface area (TPSA) is 74.6 Å². The lowest BCUT2D eigenvalue weighted by Gasteiger charge is -2.63. The van der Waals surface area contributed by atoms with Gasteiger partial charge in [0.1, 0.15) is 6.33 Å². The predicted molar refractivity (Wildman–Crippen MR) is 132 cm³/mol. The Balaban J connectivity index is 1.27. The predicted octanol–water partition coefficient (Wildman–Crippen LogP) is 3.67. The summed E-state index contributed by atoms with van der Waals surface area (Å²) in [5.74, 6) is 0.381. The van der Waals surface area contributed by atoms with Gasteiger partial charge in [-0.1, -0.05) is 13.8 Å². The van der Waals surface area contributed by atoms with Crippen molar-refractivity contribution in [3.05, 3.63) is 41.2 Å². The highest BCUT2D eigenvalue weighted by atomic mass is 19.1. The zero-order valence-electron chi connectivity index (χ0n) is 20.6. The largest absolute Gasteiger partial charge is 0.378 e. The summed E-state index contributed by atoms with van der Waals surface area (Å²) in [5.41, 5.74) is 6.97. The number of H-pyrrole nitrogens is 1. The molecule has 0 amide bonds. The third kappa shape index (κ3) is 2.94. The van der Waals surface area contributed by atoms with Gasteiger partial charge < -0.3 is 14.6 Å². The number of hydrogen-bond acceptors (Lipinski definition) is 6. The number of nitrogens with zero attached hydrogens (tertiary/aromatic N) is 6. The van der Waals surface area contributed by atoms with E-state index in [9.17, 15) is 0 Å². The van der Waals surface area contributed by atoms with Crippen molar-refractivity contribution < 1.29 is 9.13 Å². The Morgan fingerprint density at radius 3 is 2.57 bits per heavy atom. The van der Waals surface area contributed by atoms with Crippen LogP contribution in [-0.4, -0.2) is 74.9 Å². The number of ether oxygens (including phenoxy) is 1. The SMILES string of the molecule is Cc1c(-c2[nH]c3cnc(N4CC5(C4)CN(C4COC4)C5)c(F)c3c2C(C)C)cn2ncnc2c1C. The highest BCUT2D eigenvalue weighted by Crippen LogP contribution is 2.45. The van der Waals surface area contributed by atoms with Crippen molar-refractivity contribution in [3.8, 4) is 11.3 Å².